The van der Waals surface area contributed by atoms with E-state index < -0.39 is 6.36 Å². The molecule has 190 valence electrons. The Kier molecular flexibility index (Phi) is 7.68. The molecule has 1 heterocycles. The summed E-state index contributed by atoms with van der Waals surface area (Å²) in [6.45, 7) is 0. The predicted octanol–water partition coefficient (Wildman–Crippen LogP) is 5.22. The van der Waals surface area contributed by atoms with Gasteiger partial charge in [-0.3, -0.25) is 5.43 Å². The average Bonchev–Trinajstić information content (AvgIpc) is 3.34. The van der Waals surface area contributed by atoms with Gasteiger partial charge in [-0.25, -0.2) is 9.67 Å². The highest BCUT2D eigenvalue weighted by Gasteiger charge is 2.31. The molecule has 0 amide bonds. The molecule has 0 saturated heterocycles. The summed E-state index contributed by atoms with van der Waals surface area (Å²) >= 11 is 5.29. The highest BCUT2D eigenvalue weighted by molar-refractivity contribution is 7.80. The van der Waals surface area contributed by atoms with E-state index in [1.54, 1.807) is 6.21 Å². The molecule has 0 spiro atoms. The summed E-state index contributed by atoms with van der Waals surface area (Å²) in [5, 5.41) is 12.0. The summed E-state index contributed by atoms with van der Waals surface area (Å²) in [7, 11) is 3.93. The quantitative estimate of drug-likeness (QED) is 0.195. The minimum Gasteiger partial charge on any atom is -0.406 e. The molecule has 0 aliphatic rings. The summed E-state index contributed by atoms with van der Waals surface area (Å²) in [6, 6.07) is 20.6. The van der Waals surface area contributed by atoms with Crippen molar-refractivity contribution in [3.05, 3.63) is 84.7 Å². The molecule has 0 fully saturated rings. The van der Waals surface area contributed by atoms with Crippen LogP contribution in [0.4, 0.5) is 24.5 Å². The number of nitrogens with one attached hydrogen (secondary N) is 2. The van der Waals surface area contributed by atoms with Gasteiger partial charge in [0.25, 0.3) is 0 Å². The molecule has 8 nitrogen and oxygen atoms in total. The maximum Gasteiger partial charge on any atom is 0.573 e. The van der Waals surface area contributed by atoms with E-state index in [-0.39, 0.29) is 5.75 Å². The van der Waals surface area contributed by atoms with Crippen LogP contribution in [0, 0.1) is 0 Å². The highest BCUT2D eigenvalue weighted by Crippen LogP contribution is 2.24. The summed E-state index contributed by atoms with van der Waals surface area (Å²) < 4.78 is 42.3. The number of hydrazone groups is 1. The first-order valence-electron chi connectivity index (χ1n) is 10.9. The number of alkyl halides is 3. The number of aromatic nitrogens is 3. The Bertz CT molecular complexity index is 1380. The van der Waals surface area contributed by atoms with E-state index in [2.05, 4.69) is 30.7 Å². The minimum absolute atomic E-state index is 0.307. The normalized spacial score (nSPS) is 11.4. The topological polar surface area (TPSA) is 79.6 Å². The lowest BCUT2D eigenvalue weighted by Crippen LogP contribution is -2.24. The number of rotatable bonds is 7. The van der Waals surface area contributed by atoms with Gasteiger partial charge in [0.15, 0.2) is 10.9 Å². The summed E-state index contributed by atoms with van der Waals surface area (Å²) in [4.78, 5) is 6.28. The lowest BCUT2D eigenvalue weighted by molar-refractivity contribution is -0.274. The molecule has 37 heavy (non-hydrogen) atoms. The average molecular weight is 526 g/mol. The smallest absolute Gasteiger partial charge is 0.406 e. The van der Waals surface area contributed by atoms with Crippen molar-refractivity contribution >= 4 is 34.9 Å². The Hall–Kier alpha value is -4.45. The Balaban J connectivity index is 1.33. The van der Waals surface area contributed by atoms with E-state index in [0.717, 1.165) is 22.5 Å². The predicted molar refractivity (Wildman–Crippen MR) is 141 cm³/mol. The fourth-order valence-electron chi connectivity index (χ4n) is 3.22. The molecule has 0 unspecified atom stereocenters. The van der Waals surface area contributed by atoms with Crippen LogP contribution in [0.1, 0.15) is 5.56 Å². The van der Waals surface area contributed by atoms with E-state index in [1.165, 1.54) is 35.3 Å². The van der Waals surface area contributed by atoms with Crippen LogP contribution in [0.2, 0.25) is 0 Å². The Labute approximate surface area is 216 Å². The molecule has 0 radical (unpaired) electrons. The van der Waals surface area contributed by atoms with Crippen LogP contribution in [0.25, 0.3) is 17.1 Å². The van der Waals surface area contributed by atoms with Crippen LogP contribution in [-0.4, -0.2) is 46.5 Å². The molecule has 2 N–H and O–H groups in total. The monoisotopic (exact) mass is 525 g/mol. The molecular formula is C25H22F3N7OS. The third-order valence-electron chi connectivity index (χ3n) is 5.00. The number of ether oxygens (including phenoxy) is 1. The van der Waals surface area contributed by atoms with Gasteiger partial charge in [-0.05, 0) is 60.2 Å². The van der Waals surface area contributed by atoms with Crippen LogP contribution in [-0.2, 0) is 0 Å². The van der Waals surface area contributed by atoms with Crippen molar-refractivity contribution in [1.82, 2.24) is 20.2 Å². The molecule has 0 atom stereocenters. The molecule has 1 aromatic heterocycles. The standard InChI is InChI=1S/C25H22F3N7OS/c1-34(2)21-5-3-4-19(14-21)31-24(37)32-30-15-17-6-8-18(9-7-17)23-29-16-35(33-23)20-10-12-22(13-11-20)36-25(26,27)28/h3-16H,1-2H3,(H2,31,32,37). The zero-order valence-corrected chi connectivity index (χ0v) is 20.6. The van der Waals surface area contributed by atoms with Crippen LogP contribution in [0.5, 0.6) is 5.75 Å². The van der Waals surface area contributed by atoms with E-state index in [4.69, 9.17) is 12.2 Å². The molecule has 0 saturated carbocycles. The fraction of sp³-hybridized carbons (Fsp3) is 0.120. The molecule has 4 aromatic rings. The van der Waals surface area contributed by atoms with Crippen LogP contribution >= 0.6 is 12.2 Å². The van der Waals surface area contributed by atoms with E-state index >= 15 is 0 Å². The molecule has 0 aliphatic heterocycles. The van der Waals surface area contributed by atoms with Gasteiger partial charge < -0.3 is 15.0 Å². The number of hydrogen-bond donors (Lipinski definition) is 2. The Morgan fingerprint density at radius 3 is 2.46 bits per heavy atom. The lowest BCUT2D eigenvalue weighted by atomic mass is 10.1. The molecular weight excluding hydrogens is 503 g/mol. The minimum atomic E-state index is -4.74. The second kappa shape index (κ2) is 11.1. The molecule has 4 rings (SSSR count). The number of hydrogen-bond acceptors (Lipinski definition) is 6. The zero-order valence-electron chi connectivity index (χ0n) is 19.8. The highest BCUT2D eigenvalue weighted by atomic mass is 32.1. The molecule has 0 bridgehead atoms. The maximum atomic E-state index is 12.3. The van der Waals surface area contributed by atoms with Gasteiger partial charge in [0, 0.05) is 31.0 Å². The largest absolute Gasteiger partial charge is 0.573 e. The van der Waals surface area contributed by atoms with Gasteiger partial charge >= 0.3 is 6.36 Å². The van der Waals surface area contributed by atoms with Crippen molar-refractivity contribution in [3.63, 3.8) is 0 Å². The van der Waals surface area contributed by atoms with Gasteiger partial charge in [-0.2, -0.15) is 5.10 Å². The fourth-order valence-corrected chi connectivity index (χ4v) is 3.40. The van der Waals surface area contributed by atoms with Crippen molar-refractivity contribution in [1.29, 1.82) is 0 Å². The van der Waals surface area contributed by atoms with Crippen LogP contribution in [0.3, 0.4) is 0 Å². The van der Waals surface area contributed by atoms with Crippen molar-refractivity contribution in [2.45, 2.75) is 6.36 Å². The molecule has 3 aromatic carbocycles. The Morgan fingerprint density at radius 1 is 1.05 bits per heavy atom. The number of anilines is 2. The van der Waals surface area contributed by atoms with E-state index in [1.807, 2.05) is 67.5 Å². The molecule has 0 aliphatic carbocycles. The van der Waals surface area contributed by atoms with Gasteiger partial charge in [-0.1, -0.05) is 30.3 Å². The van der Waals surface area contributed by atoms with Crippen LogP contribution < -0.4 is 20.4 Å². The summed E-state index contributed by atoms with van der Waals surface area (Å²) in [6.07, 6.45) is -1.63. The van der Waals surface area contributed by atoms with Gasteiger partial charge in [0.1, 0.15) is 12.1 Å². The first kappa shape index (κ1) is 25.6. The third kappa shape index (κ3) is 7.27. The second-order valence-corrected chi connectivity index (χ2v) is 8.35. The first-order chi connectivity index (χ1) is 17.7. The summed E-state index contributed by atoms with van der Waals surface area (Å²) in [5.74, 6) is 0.154. The first-order valence-corrected chi connectivity index (χ1v) is 11.3. The number of halogens is 3. The van der Waals surface area contributed by atoms with E-state index in [9.17, 15) is 13.2 Å². The van der Waals surface area contributed by atoms with Crippen molar-refractivity contribution < 1.29 is 17.9 Å². The van der Waals surface area contributed by atoms with Crippen molar-refractivity contribution in [2.24, 2.45) is 5.10 Å². The Morgan fingerprint density at radius 2 is 1.78 bits per heavy atom. The SMILES string of the molecule is CN(C)c1cccc(NC(=S)NN=Cc2ccc(-c3ncn(-c4ccc(OC(F)(F)F)cc4)n3)cc2)c1. The summed E-state index contributed by atoms with van der Waals surface area (Å²) in [5.41, 5.74) is 6.82. The number of benzene rings is 3. The lowest BCUT2D eigenvalue weighted by Gasteiger charge is -2.14. The van der Waals surface area contributed by atoms with Crippen LogP contribution in [0.15, 0.2) is 84.2 Å². The van der Waals surface area contributed by atoms with Crippen molar-refractivity contribution in [2.75, 3.05) is 24.3 Å². The maximum absolute atomic E-state index is 12.3. The van der Waals surface area contributed by atoms with Gasteiger partial charge in [0.2, 0.25) is 0 Å². The number of nitrogens with zero attached hydrogens (tertiary/aromatic N) is 5. The van der Waals surface area contributed by atoms with Crippen molar-refractivity contribution in [3.8, 4) is 22.8 Å². The molecule has 12 heteroatoms. The van der Waals surface area contributed by atoms with Gasteiger partial charge in [-0.15, -0.1) is 18.3 Å². The number of thiocarbonyl (C=S) groups is 1. The van der Waals surface area contributed by atoms with E-state index in [0.29, 0.717) is 16.6 Å². The second-order valence-electron chi connectivity index (χ2n) is 7.95. The van der Waals surface area contributed by atoms with Gasteiger partial charge in [0.05, 0.1) is 11.9 Å². The third-order valence-corrected chi connectivity index (χ3v) is 5.19. The zero-order chi connectivity index (χ0) is 26.4.